The number of benzene rings is 2. The van der Waals surface area contributed by atoms with Gasteiger partial charge < -0.3 is 15.0 Å². The fourth-order valence-corrected chi connectivity index (χ4v) is 2.49. The van der Waals surface area contributed by atoms with Crippen molar-refractivity contribution in [2.45, 2.75) is 6.54 Å². The first-order valence-corrected chi connectivity index (χ1v) is 8.00. The van der Waals surface area contributed by atoms with E-state index in [4.69, 9.17) is 4.74 Å². The molecule has 7 heteroatoms. The van der Waals surface area contributed by atoms with Crippen molar-refractivity contribution in [1.29, 1.82) is 0 Å². The molecule has 3 aromatic rings. The van der Waals surface area contributed by atoms with E-state index >= 15 is 0 Å². The fraction of sp³-hybridized carbons (Fsp3) is 0.278. The number of nitrogens with one attached hydrogen (secondary N) is 1. The third kappa shape index (κ3) is 3.95. The van der Waals surface area contributed by atoms with Gasteiger partial charge in [0.1, 0.15) is 5.75 Å². The highest BCUT2D eigenvalue weighted by molar-refractivity contribution is 6.08. The van der Waals surface area contributed by atoms with Crippen molar-refractivity contribution < 1.29 is 9.53 Å². The molecular weight excluding hydrogens is 318 g/mol. The third-order valence-electron chi connectivity index (χ3n) is 3.89. The Kier molecular flexibility index (Phi) is 4.95. The molecule has 0 fully saturated rings. The number of aromatic nitrogens is 3. The number of anilines is 1. The minimum atomic E-state index is -0.286. The number of rotatable bonds is 6. The van der Waals surface area contributed by atoms with E-state index in [-0.39, 0.29) is 5.91 Å². The van der Waals surface area contributed by atoms with Crippen LogP contribution in [-0.4, -0.2) is 53.6 Å². The number of hydrogen-bond donors (Lipinski definition) is 1. The number of likely N-dealkylation sites (N-methyl/N-ethyl adjacent to an activating group) is 1. The van der Waals surface area contributed by atoms with Gasteiger partial charge in [-0.25, -0.2) is 0 Å². The molecule has 0 bridgehead atoms. The lowest BCUT2D eigenvalue weighted by Gasteiger charge is -2.09. The highest BCUT2D eigenvalue weighted by atomic mass is 16.5. The number of amides is 1. The molecule has 0 aliphatic carbocycles. The first-order chi connectivity index (χ1) is 12.1. The molecule has 7 nitrogen and oxygen atoms in total. The maximum atomic E-state index is 12.5. The number of ether oxygens (including phenoxy) is 1. The van der Waals surface area contributed by atoms with Crippen LogP contribution in [0, 0.1) is 0 Å². The summed E-state index contributed by atoms with van der Waals surface area (Å²) in [5, 5.41) is 12.8. The lowest BCUT2D eigenvalue weighted by atomic mass is 10.1. The van der Waals surface area contributed by atoms with Gasteiger partial charge in [0, 0.05) is 17.6 Å². The summed E-state index contributed by atoms with van der Waals surface area (Å²) in [4.78, 5) is 14.5. The van der Waals surface area contributed by atoms with E-state index in [1.165, 1.54) is 0 Å². The highest BCUT2D eigenvalue weighted by Gasteiger charge is 2.13. The molecule has 3 rings (SSSR count). The normalized spacial score (nSPS) is 11.0. The second-order valence-electron chi connectivity index (χ2n) is 6.02. The van der Waals surface area contributed by atoms with Gasteiger partial charge in [-0.15, -0.1) is 5.10 Å². The molecule has 1 N–H and O–H groups in total. The molecule has 1 aromatic heterocycles. The quantitative estimate of drug-likeness (QED) is 0.746. The Labute approximate surface area is 146 Å². The molecule has 0 radical (unpaired) electrons. The molecule has 0 aliphatic rings. The first-order valence-electron chi connectivity index (χ1n) is 8.00. The zero-order valence-electron chi connectivity index (χ0n) is 14.6. The average molecular weight is 339 g/mol. The van der Waals surface area contributed by atoms with Crippen LogP contribution in [0.5, 0.6) is 5.75 Å². The van der Waals surface area contributed by atoms with Crippen molar-refractivity contribution in [3.05, 3.63) is 48.3 Å². The van der Waals surface area contributed by atoms with Crippen LogP contribution in [0.4, 0.5) is 5.69 Å². The van der Waals surface area contributed by atoms with E-state index in [1.807, 2.05) is 55.4 Å². The Morgan fingerprint density at radius 2 is 2.12 bits per heavy atom. The molecular formula is C18H21N5O2. The summed E-state index contributed by atoms with van der Waals surface area (Å²) in [6.45, 7) is 1.51. The van der Waals surface area contributed by atoms with Crippen molar-refractivity contribution in [2.24, 2.45) is 0 Å². The van der Waals surface area contributed by atoms with Gasteiger partial charge in [-0.3, -0.25) is 9.48 Å². The van der Waals surface area contributed by atoms with Gasteiger partial charge in [0.05, 0.1) is 19.9 Å². The third-order valence-corrected chi connectivity index (χ3v) is 3.89. The van der Waals surface area contributed by atoms with Crippen molar-refractivity contribution in [3.63, 3.8) is 0 Å². The van der Waals surface area contributed by atoms with Gasteiger partial charge in [-0.2, -0.15) is 0 Å². The molecule has 0 spiro atoms. The molecule has 0 saturated heterocycles. The van der Waals surface area contributed by atoms with Gasteiger partial charge in [-0.1, -0.05) is 23.4 Å². The van der Waals surface area contributed by atoms with Crippen LogP contribution in [0.15, 0.2) is 42.6 Å². The van der Waals surface area contributed by atoms with Crippen LogP contribution in [0.25, 0.3) is 10.8 Å². The van der Waals surface area contributed by atoms with E-state index in [9.17, 15) is 4.79 Å². The van der Waals surface area contributed by atoms with Crippen molar-refractivity contribution in [1.82, 2.24) is 19.9 Å². The summed E-state index contributed by atoms with van der Waals surface area (Å²) in [6.07, 6.45) is 1.66. The minimum absolute atomic E-state index is 0.286. The van der Waals surface area contributed by atoms with Crippen molar-refractivity contribution in [2.75, 3.05) is 33.1 Å². The molecule has 0 atom stereocenters. The largest absolute Gasteiger partial charge is 0.497 e. The SMILES string of the molecule is COc1ccc2cccc(NC(=O)c3cn(CCN(C)C)nn3)c2c1. The number of hydrogen-bond acceptors (Lipinski definition) is 5. The van der Waals surface area contributed by atoms with Crippen LogP contribution < -0.4 is 10.1 Å². The number of methoxy groups -OCH3 is 1. The monoisotopic (exact) mass is 339 g/mol. The Hall–Kier alpha value is -2.93. The smallest absolute Gasteiger partial charge is 0.277 e. The van der Waals surface area contributed by atoms with E-state index in [0.717, 1.165) is 23.1 Å². The summed E-state index contributed by atoms with van der Waals surface area (Å²) in [5.74, 6) is 0.454. The summed E-state index contributed by atoms with van der Waals surface area (Å²) in [5.41, 5.74) is 1.00. The topological polar surface area (TPSA) is 72.3 Å². The molecule has 0 unspecified atom stereocenters. The lowest BCUT2D eigenvalue weighted by Crippen LogP contribution is -2.18. The predicted molar refractivity (Wildman–Crippen MR) is 97.0 cm³/mol. The molecule has 2 aromatic carbocycles. The zero-order valence-corrected chi connectivity index (χ0v) is 14.6. The fourth-order valence-electron chi connectivity index (χ4n) is 2.49. The van der Waals surface area contributed by atoms with Gasteiger partial charge in [-0.05, 0) is 37.7 Å². The van der Waals surface area contributed by atoms with Crippen LogP contribution in [0.3, 0.4) is 0 Å². The Balaban J connectivity index is 1.80. The van der Waals surface area contributed by atoms with Gasteiger partial charge in [0.2, 0.25) is 0 Å². The van der Waals surface area contributed by atoms with E-state index in [2.05, 4.69) is 15.6 Å². The summed E-state index contributed by atoms with van der Waals surface area (Å²) in [7, 11) is 5.59. The molecule has 130 valence electrons. The van der Waals surface area contributed by atoms with Gasteiger partial charge >= 0.3 is 0 Å². The standard InChI is InChI=1S/C18H21N5O2/c1-22(2)9-10-23-12-17(20-21-23)18(24)19-16-6-4-5-13-7-8-14(25-3)11-15(13)16/h4-8,11-12H,9-10H2,1-3H3,(H,19,24). The molecule has 1 amide bonds. The van der Waals surface area contributed by atoms with Crippen molar-refractivity contribution in [3.8, 4) is 5.75 Å². The molecule has 25 heavy (non-hydrogen) atoms. The van der Waals surface area contributed by atoms with Crippen LogP contribution >= 0.6 is 0 Å². The van der Waals surface area contributed by atoms with E-state index < -0.39 is 0 Å². The second kappa shape index (κ2) is 7.31. The molecule has 0 saturated carbocycles. The average Bonchev–Trinajstić information content (AvgIpc) is 3.09. The van der Waals surface area contributed by atoms with Crippen LogP contribution in [0.2, 0.25) is 0 Å². The van der Waals surface area contributed by atoms with Crippen LogP contribution in [0.1, 0.15) is 10.5 Å². The number of fused-ring (bicyclic) bond motifs is 1. The van der Waals surface area contributed by atoms with E-state index in [0.29, 0.717) is 17.9 Å². The number of nitrogens with zero attached hydrogens (tertiary/aromatic N) is 4. The number of carbonyl (C=O) groups is 1. The molecule has 1 heterocycles. The van der Waals surface area contributed by atoms with Gasteiger partial charge in [0.15, 0.2) is 5.69 Å². The lowest BCUT2D eigenvalue weighted by molar-refractivity contribution is 0.102. The highest BCUT2D eigenvalue weighted by Crippen LogP contribution is 2.27. The Morgan fingerprint density at radius 1 is 1.28 bits per heavy atom. The van der Waals surface area contributed by atoms with Gasteiger partial charge in [0.25, 0.3) is 5.91 Å². The van der Waals surface area contributed by atoms with Crippen molar-refractivity contribution >= 4 is 22.4 Å². The molecule has 0 aliphatic heterocycles. The zero-order chi connectivity index (χ0) is 17.8. The van der Waals surface area contributed by atoms with Crippen LogP contribution in [-0.2, 0) is 6.54 Å². The minimum Gasteiger partial charge on any atom is -0.497 e. The Morgan fingerprint density at radius 3 is 2.88 bits per heavy atom. The predicted octanol–water partition coefficient (Wildman–Crippen LogP) is 2.25. The maximum absolute atomic E-state index is 12.5. The number of carbonyl (C=O) groups excluding carboxylic acids is 1. The first kappa shape index (κ1) is 16.9. The Bertz CT molecular complexity index is 888. The summed E-state index contributed by atoms with van der Waals surface area (Å²) < 4.78 is 6.94. The summed E-state index contributed by atoms with van der Waals surface area (Å²) >= 11 is 0. The summed E-state index contributed by atoms with van der Waals surface area (Å²) in [6, 6.07) is 11.5. The second-order valence-corrected chi connectivity index (χ2v) is 6.02. The maximum Gasteiger partial charge on any atom is 0.277 e. The van der Waals surface area contributed by atoms with E-state index in [1.54, 1.807) is 18.0 Å².